The number of hydrogen-bond donors (Lipinski definition) is 0. The molecule has 0 N–H and O–H groups in total. The van der Waals surface area contributed by atoms with E-state index in [2.05, 4.69) is 14.9 Å². The Balaban J connectivity index is 1.49. The highest BCUT2D eigenvalue weighted by Crippen LogP contribution is 2.28. The molecule has 3 heterocycles. The predicted octanol–water partition coefficient (Wildman–Crippen LogP) is 2.07. The van der Waals surface area contributed by atoms with E-state index in [9.17, 15) is 13.2 Å². The number of benzene rings is 1. The summed E-state index contributed by atoms with van der Waals surface area (Å²) in [6, 6.07) is 14.6. The number of ether oxygens (including phenoxy) is 1. The van der Waals surface area contributed by atoms with Crippen molar-refractivity contribution in [3.05, 3.63) is 66.1 Å². The second kappa shape index (κ2) is 9.60. The van der Waals surface area contributed by atoms with Crippen molar-refractivity contribution in [2.75, 3.05) is 39.8 Å². The minimum atomic E-state index is -4.06. The number of carbonyl (C=O) groups is 1. The first-order chi connectivity index (χ1) is 15.5. The molecule has 0 amide bonds. The van der Waals surface area contributed by atoms with Crippen molar-refractivity contribution in [3.63, 3.8) is 0 Å². The van der Waals surface area contributed by atoms with Crippen LogP contribution in [-0.2, 0) is 21.2 Å². The number of oxazole rings is 1. The Morgan fingerprint density at radius 1 is 1.06 bits per heavy atom. The van der Waals surface area contributed by atoms with Crippen LogP contribution in [0.1, 0.15) is 16.2 Å². The molecule has 9 nitrogen and oxygen atoms in total. The molecule has 0 spiro atoms. The first-order valence-corrected chi connectivity index (χ1v) is 11.7. The first kappa shape index (κ1) is 22.1. The van der Waals surface area contributed by atoms with Crippen LogP contribution in [0.4, 0.5) is 0 Å². The molecular weight excluding hydrogens is 432 g/mol. The summed E-state index contributed by atoms with van der Waals surface area (Å²) in [5.74, 6) is -0.804. The maximum Gasteiger partial charge on any atom is 0.361 e. The summed E-state index contributed by atoms with van der Waals surface area (Å²) in [5.41, 5.74) is 1.22. The zero-order valence-electron chi connectivity index (χ0n) is 17.7. The van der Waals surface area contributed by atoms with E-state index in [4.69, 9.17) is 9.15 Å². The van der Waals surface area contributed by atoms with Crippen molar-refractivity contribution in [1.82, 2.24) is 19.2 Å². The molecule has 0 atom stereocenters. The van der Waals surface area contributed by atoms with Crippen LogP contribution >= 0.6 is 0 Å². The average Bonchev–Trinajstić information content (AvgIpc) is 3.30. The highest BCUT2D eigenvalue weighted by atomic mass is 32.2. The van der Waals surface area contributed by atoms with E-state index in [1.54, 1.807) is 30.5 Å². The summed E-state index contributed by atoms with van der Waals surface area (Å²) in [7, 11) is -2.88. The average molecular weight is 457 g/mol. The largest absolute Gasteiger partial charge is 0.464 e. The number of pyridine rings is 1. The summed E-state index contributed by atoms with van der Waals surface area (Å²) in [6.45, 7) is 2.50. The molecule has 4 rings (SSSR count). The Morgan fingerprint density at radius 3 is 2.44 bits per heavy atom. The molecule has 1 aromatic carbocycles. The number of piperazine rings is 1. The van der Waals surface area contributed by atoms with Gasteiger partial charge in [0.05, 0.1) is 7.11 Å². The molecule has 168 valence electrons. The van der Waals surface area contributed by atoms with E-state index in [0.29, 0.717) is 18.7 Å². The predicted molar refractivity (Wildman–Crippen MR) is 116 cm³/mol. The van der Waals surface area contributed by atoms with Crippen molar-refractivity contribution in [1.29, 1.82) is 0 Å². The molecule has 1 fully saturated rings. The van der Waals surface area contributed by atoms with Gasteiger partial charge in [-0.3, -0.25) is 4.98 Å². The molecule has 0 unspecified atom stereocenters. The number of methoxy groups -OCH3 is 1. The number of sulfonamides is 1. The number of hydrogen-bond acceptors (Lipinski definition) is 8. The lowest BCUT2D eigenvalue weighted by atomic mass is 10.2. The van der Waals surface area contributed by atoms with E-state index >= 15 is 0 Å². The smallest absolute Gasteiger partial charge is 0.361 e. The highest BCUT2D eigenvalue weighted by Gasteiger charge is 2.37. The van der Waals surface area contributed by atoms with Crippen LogP contribution in [0.3, 0.4) is 0 Å². The number of carbonyl (C=O) groups excluding carboxylic acids is 1. The number of rotatable bonds is 7. The van der Waals surface area contributed by atoms with Gasteiger partial charge >= 0.3 is 5.97 Å². The standard InChI is InChI=1S/C22H24N4O5S/c1-30-21(27)19-22(31-20(24-19)17-7-3-2-4-8-17)32(28,29)26-15-13-25(14-16-26)12-10-18-9-5-6-11-23-18/h2-9,11H,10,12-16H2,1H3. The maximum absolute atomic E-state index is 13.3. The first-order valence-electron chi connectivity index (χ1n) is 10.3. The van der Waals surface area contributed by atoms with Gasteiger partial charge in [0, 0.05) is 56.6 Å². The van der Waals surface area contributed by atoms with Gasteiger partial charge in [-0.2, -0.15) is 4.31 Å². The minimum absolute atomic E-state index is 0.0542. The van der Waals surface area contributed by atoms with E-state index in [-0.39, 0.29) is 24.7 Å². The Bertz CT molecular complexity index is 1160. The van der Waals surface area contributed by atoms with Crippen LogP contribution in [0.2, 0.25) is 0 Å². The topological polar surface area (TPSA) is 106 Å². The molecule has 1 saturated heterocycles. The molecule has 1 aliphatic heterocycles. The van der Waals surface area contributed by atoms with Crippen LogP contribution in [0, 0.1) is 0 Å². The summed E-state index contributed by atoms with van der Waals surface area (Å²) in [6.07, 6.45) is 2.56. The highest BCUT2D eigenvalue weighted by molar-refractivity contribution is 7.89. The van der Waals surface area contributed by atoms with Crippen molar-refractivity contribution in [2.45, 2.75) is 11.5 Å². The summed E-state index contributed by atoms with van der Waals surface area (Å²) in [5, 5.41) is -0.481. The van der Waals surface area contributed by atoms with Gasteiger partial charge in [-0.25, -0.2) is 18.2 Å². The summed E-state index contributed by atoms with van der Waals surface area (Å²) >= 11 is 0. The van der Waals surface area contributed by atoms with Crippen LogP contribution < -0.4 is 0 Å². The Labute approximate surface area is 186 Å². The van der Waals surface area contributed by atoms with Gasteiger partial charge in [0.15, 0.2) is 0 Å². The molecule has 3 aromatic rings. The van der Waals surface area contributed by atoms with Gasteiger partial charge in [-0.15, -0.1) is 0 Å². The Hall–Kier alpha value is -3.08. The SMILES string of the molecule is COC(=O)c1nc(-c2ccccc2)oc1S(=O)(=O)N1CCN(CCc2ccccn2)CC1. The van der Waals surface area contributed by atoms with E-state index in [1.807, 2.05) is 24.3 Å². The van der Waals surface area contributed by atoms with Crippen molar-refractivity contribution in [2.24, 2.45) is 0 Å². The molecule has 0 aliphatic carbocycles. The quantitative estimate of drug-likeness (QED) is 0.498. The van der Waals surface area contributed by atoms with Gasteiger partial charge < -0.3 is 14.1 Å². The van der Waals surface area contributed by atoms with Crippen LogP contribution in [0.25, 0.3) is 11.5 Å². The van der Waals surface area contributed by atoms with E-state index in [1.165, 1.54) is 11.4 Å². The molecule has 0 bridgehead atoms. The van der Waals surface area contributed by atoms with Crippen molar-refractivity contribution < 1.29 is 22.4 Å². The third kappa shape index (κ3) is 4.72. The van der Waals surface area contributed by atoms with Gasteiger partial charge in [0.25, 0.3) is 15.1 Å². The van der Waals surface area contributed by atoms with Crippen molar-refractivity contribution in [3.8, 4) is 11.5 Å². The molecule has 32 heavy (non-hydrogen) atoms. The summed E-state index contributed by atoms with van der Waals surface area (Å²) in [4.78, 5) is 22.9. The normalized spacial score (nSPS) is 15.5. The number of nitrogens with zero attached hydrogens (tertiary/aromatic N) is 4. The second-order valence-corrected chi connectivity index (χ2v) is 9.17. The van der Waals surface area contributed by atoms with Crippen molar-refractivity contribution >= 4 is 16.0 Å². The Morgan fingerprint density at radius 2 is 1.78 bits per heavy atom. The van der Waals surface area contributed by atoms with Crippen LogP contribution in [0.5, 0.6) is 0 Å². The fourth-order valence-corrected chi connectivity index (χ4v) is 4.98. The monoisotopic (exact) mass is 456 g/mol. The lowest BCUT2D eigenvalue weighted by Gasteiger charge is -2.33. The lowest BCUT2D eigenvalue weighted by molar-refractivity contribution is 0.0587. The van der Waals surface area contributed by atoms with E-state index in [0.717, 1.165) is 18.7 Å². The molecule has 0 radical (unpaired) electrons. The fraction of sp³-hybridized carbons (Fsp3) is 0.318. The van der Waals surface area contributed by atoms with Gasteiger partial charge in [0.1, 0.15) is 0 Å². The van der Waals surface area contributed by atoms with Gasteiger partial charge in [-0.05, 0) is 24.3 Å². The maximum atomic E-state index is 13.3. The Kier molecular flexibility index (Phi) is 6.63. The molecule has 2 aromatic heterocycles. The molecular formula is C22H24N4O5S. The second-order valence-electron chi connectivity index (χ2n) is 7.33. The van der Waals surface area contributed by atoms with Gasteiger partial charge in [-0.1, -0.05) is 24.3 Å². The third-order valence-corrected chi connectivity index (χ3v) is 7.10. The summed E-state index contributed by atoms with van der Waals surface area (Å²) < 4.78 is 38.3. The van der Waals surface area contributed by atoms with Gasteiger partial charge in [0.2, 0.25) is 11.6 Å². The third-order valence-electron chi connectivity index (χ3n) is 5.31. The lowest BCUT2D eigenvalue weighted by Crippen LogP contribution is -2.49. The van der Waals surface area contributed by atoms with Crippen LogP contribution in [0.15, 0.2) is 64.2 Å². The number of aromatic nitrogens is 2. The fourth-order valence-electron chi connectivity index (χ4n) is 3.54. The molecule has 0 saturated carbocycles. The van der Waals surface area contributed by atoms with E-state index < -0.39 is 21.1 Å². The molecule has 10 heteroatoms. The molecule has 1 aliphatic rings. The minimum Gasteiger partial charge on any atom is -0.464 e. The zero-order valence-corrected chi connectivity index (χ0v) is 18.5. The number of esters is 1. The zero-order chi connectivity index (χ0) is 22.6. The van der Waals surface area contributed by atoms with Crippen LogP contribution in [-0.4, -0.2) is 73.4 Å².